The van der Waals surface area contributed by atoms with Crippen molar-refractivity contribution in [1.82, 2.24) is 0 Å². The van der Waals surface area contributed by atoms with Crippen molar-refractivity contribution < 1.29 is 14.3 Å². The van der Waals surface area contributed by atoms with E-state index in [1.165, 1.54) is 6.92 Å². The zero-order valence-corrected chi connectivity index (χ0v) is 12.7. The molecule has 0 aliphatic rings. The maximum atomic E-state index is 11.1. The van der Waals surface area contributed by atoms with Gasteiger partial charge in [-0.25, -0.2) is 0 Å². The largest absolute Gasteiger partial charge is 0.489 e. The fourth-order valence-electron chi connectivity index (χ4n) is 1.62. The van der Waals surface area contributed by atoms with Crippen LogP contribution < -0.4 is 15.4 Å². The maximum Gasteiger partial charge on any atom is 0.221 e. The van der Waals surface area contributed by atoms with Crippen LogP contribution in [0, 0.1) is 5.92 Å². The van der Waals surface area contributed by atoms with E-state index in [1.807, 2.05) is 18.2 Å². The van der Waals surface area contributed by atoms with Crippen LogP contribution in [0.2, 0.25) is 0 Å². The van der Waals surface area contributed by atoms with E-state index in [0.717, 1.165) is 23.7 Å². The molecular formula is C15H24N2O3. The minimum Gasteiger partial charge on any atom is -0.489 e. The molecule has 1 aromatic carbocycles. The highest BCUT2D eigenvalue weighted by atomic mass is 16.5. The highest BCUT2D eigenvalue weighted by molar-refractivity contribution is 5.89. The SMILES string of the molecule is COCCOc1ccc(NC(C)=O)cc1NCC(C)C. The summed E-state index contributed by atoms with van der Waals surface area (Å²) in [6.07, 6.45) is 0. The molecule has 0 aromatic heterocycles. The topological polar surface area (TPSA) is 59.6 Å². The number of anilines is 2. The van der Waals surface area contributed by atoms with Crippen LogP contribution in [0.3, 0.4) is 0 Å². The van der Waals surface area contributed by atoms with E-state index in [9.17, 15) is 4.79 Å². The second-order valence-electron chi connectivity index (χ2n) is 5.01. The van der Waals surface area contributed by atoms with Gasteiger partial charge >= 0.3 is 0 Å². The molecule has 0 bridgehead atoms. The van der Waals surface area contributed by atoms with Crippen molar-refractivity contribution in [2.75, 3.05) is 37.5 Å². The van der Waals surface area contributed by atoms with Gasteiger partial charge in [0, 0.05) is 26.3 Å². The normalized spacial score (nSPS) is 10.4. The first-order valence-corrected chi connectivity index (χ1v) is 6.80. The summed E-state index contributed by atoms with van der Waals surface area (Å²) in [6, 6.07) is 5.56. The van der Waals surface area contributed by atoms with Gasteiger partial charge in [0.15, 0.2) is 0 Å². The van der Waals surface area contributed by atoms with Crippen LogP contribution in [0.25, 0.3) is 0 Å². The van der Waals surface area contributed by atoms with Crippen LogP contribution in [0.5, 0.6) is 5.75 Å². The molecule has 1 amide bonds. The lowest BCUT2D eigenvalue weighted by atomic mass is 10.2. The maximum absolute atomic E-state index is 11.1. The van der Waals surface area contributed by atoms with Crippen molar-refractivity contribution in [3.63, 3.8) is 0 Å². The molecule has 1 aromatic rings. The van der Waals surface area contributed by atoms with Gasteiger partial charge in [-0.05, 0) is 24.1 Å². The number of carbonyl (C=O) groups is 1. The Morgan fingerprint density at radius 2 is 2.05 bits per heavy atom. The van der Waals surface area contributed by atoms with Gasteiger partial charge in [0.05, 0.1) is 12.3 Å². The van der Waals surface area contributed by atoms with Crippen molar-refractivity contribution >= 4 is 17.3 Å². The zero-order valence-electron chi connectivity index (χ0n) is 12.7. The van der Waals surface area contributed by atoms with E-state index in [0.29, 0.717) is 19.1 Å². The molecule has 20 heavy (non-hydrogen) atoms. The smallest absolute Gasteiger partial charge is 0.221 e. The molecule has 0 spiro atoms. The quantitative estimate of drug-likeness (QED) is 0.719. The van der Waals surface area contributed by atoms with E-state index >= 15 is 0 Å². The third-order valence-electron chi connectivity index (χ3n) is 2.55. The molecule has 1 rings (SSSR count). The lowest BCUT2D eigenvalue weighted by Crippen LogP contribution is -2.12. The van der Waals surface area contributed by atoms with E-state index in [1.54, 1.807) is 7.11 Å². The Hall–Kier alpha value is -1.75. The lowest BCUT2D eigenvalue weighted by Gasteiger charge is -2.16. The van der Waals surface area contributed by atoms with Crippen LogP contribution in [0.4, 0.5) is 11.4 Å². The standard InChI is InChI=1S/C15H24N2O3/c1-11(2)10-16-14-9-13(17-12(3)18)5-6-15(14)20-8-7-19-4/h5-6,9,11,16H,7-8,10H2,1-4H3,(H,17,18). The van der Waals surface area contributed by atoms with Gasteiger partial charge in [-0.15, -0.1) is 0 Å². The van der Waals surface area contributed by atoms with Crippen LogP contribution >= 0.6 is 0 Å². The number of benzene rings is 1. The Kier molecular flexibility index (Phi) is 6.87. The van der Waals surface area contributed by atoms with Crippen LogP contribution in [-0.2, 0) is 9.53 Å². The average molecular weight is 280 g/mol. The Labute approximate surface area is 120 Å². The van der Waals surface area contributed by atoms with Crippen molar-refractivity contribution in [3.8, 4) is 5.75 Å². The average Bonchev–Trinajstić information content (AvgIpc) is 2.37. The van der Waals surface area contributed by atoms with Gasteiger partial charge in [0.1, 0.15) is 12.4 Å². The third-order valence-corrected chi connectivity index (χ3v) is 2.55. The predicted octanol–water partition coefficient (Wildman–Crippen LogP) is 2.74. The zero-order chi connectivity index (χ0) is 15.0. The first-order chi connectivity index (χ1) is 9.52. The number of amides is 1. The van der Waals surface area contributed by atoms with E-state index in [-0.39, 0.29) is 5.91 Å². The first-order valence-electron chi connectivity index (χ1n) is 6.80. The second-order valence-corrected chi connectivity index (χ2v) is 5.01. The number of hydrogen-bond donors (Lipinski definition) is 2. The molecule has 112 valence electrons. The molecule has 5 nitrogen and oxygen atoms in total. The first kappa shape index (κ1) is 16.3. The van der Waals surface area contributed by atoms with Crippen LogP contribution in [-0.4, -0.2) is 32.8 Å². The number of hydrogen-bond acceptors (Lipinski definition) is 4. The summed E-state index contributed by atoms with van der Waals surface area (Å²) < 4.78 is 10.6. The number of ether oxygens (including phenoxy) is 2. The summed E-state index contributed by atoms with van der Waals surface area (Å²) >= 11 is 0. The van der Waals surface area contributed by atoms with Crippen LogP contribution in [0.1, 0.15) is 20.8 Å². The molecule has 0 unspecified atom stereocenters. The molecule has 2 N–H and O–H groups in total. The summed E-state index contributed by atoms with van der Waals surface area (Å²) in [7, 11) is 1.64. The van der Waals surface area contributed by atoms with Gasteiger partial charge < -0.3 is 20.1 Å². The van der Waals surface area contributed by atoms with Crippen molar-refractivity contribution in [1.29, 1.82) is 0 Å². The molecule has 0 saturated heterocycles. The minimum absolute atomic E-state index is 0.0899. The van der Waals surface area contributed by atoms with Crippen molar-refractivity contribution in [2.24, 2.45) is 5.92 Å². The minimum atomic E-state index is -0.0899. The summed E-state index contributed by atoms with van der Waals surface area (Å²) in [5, 5.41) is 6.10. The molecule has 0 saturated carbocycles. The molecule has 0 aliphatic heterocycles. The summed E-state index contributed by atoms with van der Waals surface area (Å²) in [4.78, 5) is 11.1. The fourth-order valence-corrected chi connectivity index (χ4v) is 1.62. The van der Waals surface area contributed by atoms with Crippen LogP contribution in [0.15, 0.2) is 18.2 Å². The number of nitrogens with one attached hydrogen (secondary N) is 2. The van der Waals surface area contributed by atoms with E-state index < -0.39 is 0 Å². The van der Waals surface area contributed by atoms with E-state index in [4.69, 9.17) is 9.47 Å². The highest BCUT2D eigenvalue weighted by Gasteiger charge is 2.07. The molecule has 0 aliphatic carbocycles. The van der Waals surface area contributed by atoms with Gasteiger partial charge in [-0.1, -0.05) is 13.8 Å². The van der Waals surface area contributed by atoms with Gasteiger partial charge in [-0.2, -0.15) is 0 Å². The highest BCUT2D eigenvalue weighted by Crippen LogP contribution is 2.28. The van der Waals surface area contributed by atoms with Crippen molar-refractivity contribution in [2.45, 2.75) is 20.8 Å². The monoisotopic (exact) mass is 280 g/mol. The van der Waals surface area contributed by atoms with Gasteiger partial charge in [0.25, 0.3) is 0 Å². The van der Waals surface area contributed by atoms with Gasteiger partial charge in [0.2, 0.25) is 5.91 Å². The molecule has 0 fully saturated rings. The molecule has 0 radical (unpaired) electrons. The predicted molar refractivity (Wildman–Crippen MR) is 81.4 cm³/mol. The Balaban J connectivity index is 2.81. The summed E-state index contributed by atoms with van der Waals surface area (Å²) in [5.74, 6) is 1.19. The lowest BCUT2D eigenvalue weighted by molar-refractivity contribution is -0.114. The molecule has 0 heterocycles. The van der Waals surface area contributed by atoms with E-state index in [2.05, 4.69) is 24.5 Å². The van der Waals surface area contributed by atoms with Crippen molar-refractivity contribution in [3.05, 3.63) is 18.2 Å². The van der Waals surface area contributed by atoms with Gasteiger partial charge in [-0.3, -0.25) is 4.79 Å². The number of methoxy groups -OCH3 is 1. The third kappa shape index (κ3) is 5.93. The second kappa shape index (κ2) is 8.43. The Morgan fingerprint density at radius 1 is 1.30 bits per heavy atom. The summed E-state index contributed by atoms with van der Waals surface area (Å²) in [5.41, 5.74) is 1.63. The molecule has 0 atom stereocenters. The number of rotatable bonds is 8. The number of carbonyl (C=O) groups excluding carboxylic acids is 1. The Morgan fingerprint density at radius 3 is 2.65 bits per heavy atom. The summed E-state index contributed by atoms with van der Waals surface area (Å²) in [6.45, 7) is 7.63. The molecule has 5 heteroatoms. The Bertz CT molecular complexity index is 433. The fraction of sp³-hybridized carbons (Fsp3) is 0.533. The molecular weight excluding hydrogens is 256 g/mol.